The number of benzene rings is 1. The van der Waals surface area contributed by atoms with Gasteiger partial charge in [0.15, 0.2) is 12.4 Å². The SMILES string of the molecule is Cc1cc(-n2c(C)cc(C(=O)COC(=O)c3ccccc3NCCO)c2C)no1. The van der Waals surface area contributed by atoms with Crippen molar-refractivity contribution in [2.45, 2.75) is 20.8 Å². The molecule has 3 aromatic rings. The van der Waals surface area contributed by atoms with Crippen LogP contribution in [0.25, 0.3) is 5.82 Å². The molecule has 0 aliphatic rings. The largest absolute Gasteiger partial charge is 0.454 e. The van der Waals surface area contributed by atoms with Gasteiger partial charge in [-0.15, -0.1) is 0 Å². The van der Waals surface area contributed by atoms with Gasteiger partial charge in [0, 0.05) is 35.2 Å². The molecule has 0 amide bonds. The molecule has 0 radical (unpaired) electrons. The Bertz CT molecular complexity index is 1030. The molecule has 1 aromatic carbocycles. The van der Waals surface area contributed by atoms with Crippen LogP contribution in [0.1, 0.15) is 37.9 Å². The van der Waals surface area contributed by atoms with E-state index in [1.165, 1.54) is 0 Å². The van der Waals surface area contributed by atoms with E-state index < -0.39 is 5.97 Å². The Morgan fingerprint density at radius 1 is 1.17 bits per heavy atom. The van der Waals surface area contributed by atoms with E-state index in [4.69, 9.17) is 14.4 Å². The molecule has 8 heteroatoms. The Hall–Kier alpha value is -3.39. The number of anilines is 1. The summed E-state index contributed by atoms with van der Waals surface area (Å²) in [4.78, 5) is 25.1. The summed E-state index contributed by atoms with van der Waals surface area (Å²) in [6.07, 6.45) is 0. The van der Waals surface area contributed by atoms with E-state index in [0.29, 0.717) is 40.6 Å². The minimum atomic E-state index is -0.611. The van der Waals surface area contributed by atoms with Gasteiger partial charge in [0.25, 0.3) is 0 Å². The van der Waals surface area contributed by atoms with Crippen LogP contribution in [-0.4, -0.2) is 46.3 Å². The summed E-state index contributed by atoms with van der Waals surface area (Å²) < 4.78 is 12.2. The van der Waals surface area contributed by atoms with Crippen LogP contribution >= 0.6 is 0 Å². The number of nitrogens with zero attached hydrogens (tertiary/aromatic N) is 2. The van der Waals surface area contributed by atoms with Crippen molar-refractivity contribution in [1.29, 1.82) is 0 Å². The van der Waals surface area contributed by atoms with Crippen LogP contribution in [0.4, 0.5) is 5.69 Å². The topological polar surface area (TPSA) is 107 Å². The number of hydrogen-bond acceptors (Lipinski definition) is 7. The standard InChI is InChI=1S/C21H23N3O5/c1-13-10-17(15(3)24(13)20-11-14(2)29-23-20)19(26)12-28-21(27)16-6-4-5-7-18(16)22-8-9-25/h4-7,10-11,22,25H,8-9,12H2,1-3H3. The van der Waals surface area contributed by atoms with Gasteiger partial charge in [0.05, 0.1) is 12.2 Å². The molecule has 8 nitrogen and oxygen atoms in total. The molecule has 0 aliphatic carbocycles. The number of aromatic nitrogens is 2. The summed E-state index contributed by atoms with van der Waals surface area (Å²) in [7, 11) is 0. The quantitative estimate of drug-likeness (QED) is 0.445. The number of ketones is 1. The molecule has 0 aliphatic heterocycles. The summed E-state index contributed by atoms with van der Waals surface area (Å²) in [5, 5.41) is 15.9. The number of nitrogens with one attached hydrogen (secondary N) is 1. The summed E-state index contributed by atoms with van der Waals surface area (Å²) in [5.74, 6) is 0.347. The molecule has 3 rings (SSSR count). The van der Waals surface area contributed by atoms with Crippen molar-refractivity contribution in [3.05, 3.63) is 64.7 Å². The number of aliphatic hydroxyl groups is 1. The first-order valence-electron chi connectivity index (χ1n) is 9.19. The van der Waals surface area contributed by atoms with Gasteiger partial charge in [-0.25, -0.2) is 4.79 Å². The second-order valence-corrected chi connectivity index (χ2v) is 6.61. The molecule has 0 saturated carbocycles. The lowest BCUT2D eigenvalue weighted by Crippen LogP contribution is -2.17. The highest BCUT2D eigenvalue weighted by Gasteiger charge is 2.20. The number of carbonyl (C=O) groups excluding carboxylic acids is 2. The van der Waals surface area contributed by atoms with Crippen molar-refractivity contribution < 1.29 is 24.0 Å². The Morgan fingerprint density at radius 3 is 2.62 bits per heavy atom. The average molecular weight is 397 g/mol. The van der Waals surface area contributed by atoms with E-state index >= 15 is 0 Å². The van der Waals surface area contributed by atoms with Crippen LogP contribution in [0, 0.1) is 20.8 Å². The van der Waals surface area contributed by atoms with Gasteiger partial charge < -0.3 is 19.7 Å². The zero-order valence-electron chi connectivity index (χ0n) is 16.6. The molecule has 0 unspecified atom stereocenters. The molecular formula is C21H23N3O5. The smallest absolute Gasteiger partial charge is 0.340 e. The predicted octanol–water partition coefficient (Wildman–Crippen LogP) is 2.83. The van der Waals surface area contributed by atoms with Gasteiger partial charge in [-0.2, -0.15) is 0 Å². The third-order valence-corrected chi connectivity index (χ3v) is 4.48. The van der Waals surface area contributed by atoms with Crippen molar-refractivity contribution in [1.82, 2.24) is 9.72 Å². The molecule has 0 saturated heterocycles. The number of aliphatic hydroxyl groups excluding tert-OH is 1. The van der Waals surface area contributed by atoms with Gasteiger partial charge in [-0.1, -0.05) is 17.3 Å². The lowest BCUT2D eigenvalue weighted by atomic mass is 10.1. The van der Waals surface area contributed by atoms with E-state index in [0.717, 1.165) is 5.69 Å². The fourth-order valence-corrected chi connectivity index (χ4v) is 3.15. The van der Waals surface area contributed by atoms with Crippen molar-refractivity contribution in [2.24, 2.45) is 0 Å². The van der Waals surface area contributed by atoms with Crippen LogP contribution in [-0.2, 0) is 4.74 Å². The maximum Gasteiger partial charge on any atom is 0.340 e. The number of carbonyl (C=O) groups is 2. The van der Waals surface area contributed by atoms with Gasteiger partial charge in [0.1, 0.15) is 5.76 Å². The van der Waals surface area contributed by atoms with E-state index in [-0.39, 0.29) is 19.0 Å². The molecule has 2 aromatic heterocycles. The minimum absolute atomic E-state index is 0.0669. The molecule has 2 heterocycles. The van der Waals surface area contributed by atoms with Crippen LogP contribution in [0.15, 0.2) is 40.9 Å². The third kappa shape index (κ3) is 4.38. The second kappa shape index (κ2) is 8.74. The Balaban J connectivity index is 1.73. The zero-order chi connectivity index (χ0) is 21.0. The number of hydrogen-bond donors (Lipinski definition) is 2. The number of Topliss-reactive ketones (excluding diaryl/α,β-unsaturated/α-hetero) is 1. The van der Waals surface area contributed by atoms with E-state index in [9.17, 15) is 9.59 Å². The first kappa shape index (κ1) is 20.3. The highest BCUT2D eigenvalue weighted by atomic mass is 16.5. The fraction of sp³-hybridized carbons (Fsp3) is 0.286. The zero-order valence-corrected chi connectivity index (χ0v) is 16.6. The van der Waals surface area contributed by atoms with E-state index in [2.05, 4.69) is 10.5 Å². The monoisotopic (exact) mass is 397 g/mol. The van der Waals surface area contributed by atoms with Gasteiger partial charge in [-0.3, -0.25) is 9.36 Å². The summed E-state index contributed by atoms with van der Waals surface area (Å²) in [5.41, 5.74) is 2.82. The van der Waals surface area contributed by atoms with Crippen molar-refractivity contribution >= 4 is 17.4 Å². The van der Waals surface area contributed by atoms with Crippen LogP contribution < -0.4 is 5.32 Å². The normalized spacial score (nSPS) is 10.8. The first-order chi connectivity index (χ1) is 13.9. The molecule has 2 N–H and O–H groups in total. The number of para-hydroxylation sites is 1. The minimum Gasteiger partial charge on any atom is -0.454 e. The molecule has 152 valence electrons. The summed E-state index contributed by atoms with van der Waals surface area (Å²) in [6, 6.07) is 10.3. The molecular weight excluding hydrogens is 374 g/mol. The number of rotatable bonds is 8. The number of ether oxygens (including phenoxy) is 1. The van der Waals surface area contributed by atoms with Crippen molar-refractivity contribution in [3.63, 3.8) is 0 Å². The van der Waals surface area contributed by atoms with Gasteiger partial charge >= 0.3 is 5.97 Å². The lowest BCUT2D eigenvalue weighted by Gasteiger charge is -2.10. The number of aryl methyl sites for hydroxylation is 2. The van der Waals surface area contributed by atoms with Crippen LogP contribution in [0.3, 0.4) is 0 Å². The third-order valence-electron chi connectivity index (χ3n) is 4.48. The molecule has 0 atom stereocenters. The maximum absolute atomic E-state index is 12.7. The van der Waals surface area contributed by atoms with Gasteiger partial charge in [-0.05, 0) is 39.0 Å². The van der Waals surface area contributed by atoms with Crippen molar-refractivity contribution in [3.8, 4) is 5.82 Å². The molecule has 0 bridgehead atoms. The molecule has 0 fully saturated rings. The fourth-order valence-electron chi connectivity index (χ4n) is 3.15. The lowest BCUT2D eigenvalue weighted by molar-refractivity contribution is 0.0475. The second-order valence-electron chi connectivity index (χ2n) is 6.61. The highest BCUT2D eigenvalue weighted by Crippen LogP contribution is 2.22. The molecule has 29 heavy (non-hydrogen) atoms. The summed E-state index contributed by atoms with van der Waals surface area (Å²) in [6.45, 7) is 5.32. The number of esters is 1. The van der Waals surface area contributed by atoms with Gasteiger partial charge in [0.2, 0.25) is 5.78 Å². The van der Waals surface area contributed by atoms with Crippen LogP contribution in [0.5, 0.6) is 0 Å². The van der Waals surface area contributed by atoms with Crippen LogP contribution in [0.2, 0.25) is 0 Å². The Morgan fingerprint density at radius 2 is 1.93 bits per heavy atom. The predicted molar refractivity (Wildman–Crippen MR) is 107 cm³/mol. The maximum atomic E-state index is 12.7. The first-order valence-corrected chi connectivity index (χ1v) is 9.19. The highest BCUT2D eigenvalue weighted by molar-refractivity contribution is 6.01. The average Bonchev–Trinajstić information content (AvgIpc) is 3.26. The van der Waals surface area contributed by atoms with E-state index in [1.54, 1.807) is 50.2 Å². The van der Waals surface area contributed by atoms with E-state index in [1.807, 2.05) is 11.5 Å². The van der Waals surface area contributed by atoms with Crippen molar-refractivity contribution in [2.75, 3.05) is 25.1 Å². The summed E-state index contributed by atoms with van der Waals surface area (Å²) >= 11 is 0. The molecule has 0 spiro atoms. The Kier molecular flexibility index (Phi) is 6.13. The Labute approximate surface area is 168 Å².